The van der Waals surface area contributed by atoms with Gasteiger partial charge in [-0.1, -0.05) is 0 Å². The first-order valence-corrected chi connectivity index (χ1v) is 11.4. The monoisotopic (exact) mass is 409 g/mol. The molecule has 1 aromatic carbocycles. The molecule has 0 bridgehead atoms. The Morgan fingerprint density at radius 3 is 2.00 bits per heavy atom. The number of hydrogen-bond donors (Lipinski definition) is 1. The smallest absolute Gasteiger partial charge is 0.243 e. The molecular formula is C15H24ClN3O4S2. The van der Waals surface area contributed by atoms with E-state index in [0.717, 1.165) is 38.9 Å². The van der Waals surface area contributed by atoms with Crippen molar-refractivity contribution in [3.8, 4) is 0 Å². The molecule has 2 heterocycles. The van der Waals surface area contributed by atoms with Gasteiger partial charge in [-0.3, -0.25) is 4.90 Å². The fraction of sp³-hybridized carbons (Fsp3) is 0.600. The number of benzene rings is 1. The van der Waals surface area contributed by atoms with E-state index in [1.165, 1.54) is 28.6 Å². The molecule has 1 N–H and O–H groups in total. The summed E-state index contributed by atoms with van der Waals surface area (Å²) >= 11 is 0. The van der Waals surface area contributed by atoms with E-state index in [4.69, 9.17) is 0 Å². The van der Waals surface area contributed by atoms with Crippen LogP contribution in [0.2, 0.25) is 0 Å². The first-order valence-electron chi connectivity index (χ1n) is 8.03. The van der Waals surface area contributed by atoms with Crippen molar-refractivity contribution in [3.05, 3.63) is 24.3 Å². The van der Waals surface area contributed by atoms with Crippen LogP contribution in [0.3, 0.4) is 0 Å². The van der Waals surface area contributed by atoms with Crippen molar-refractivity contribution in [2.75, 3.05) is 45.5 Å². The van der Waals surface area contributed by atoms with Gasteiger partial charge in [-0.15, -0.1) is 12.4 Å². The Hall–Kier alpha value is -0.710. The van der Waals surface area contributed by atoms with Gasteiger partial charge in [0, 0.05) is 45.0 Å². The number of rotatable bonds is 4. The van der Waals surface area contributed by atoms with Crippen molar-refractivity contribution in [1.82, 2.24) is 14.5 Å². The molecule has 0 aliphatic carbocycles. The van der Waals surface area contributed by atoms with Gasteiger partial charge in [0.1, 0.15) is 0 Å². The minimum Gasteiger partial charge on any atom is -0.315 e. The predicted molar refractivity (Wildman–Crippen MR) is 98.4 cm³/mol. The fourth-order valence-corrected chi connectivity index (χ4v) is 5.32. The van der Waals surface area contributed by atoms with Gasteiger partial charge in [0.15, 0.2) is 9.84 Å². The van der Waals surface area contributed by atoms with Crippen molar-refractivity contribution in [2.45, 2.75) is 22.3 Å². The van der Waals surface area contributed by atoms with E-state index in [2.05, 4.69) is 10.2 Å². The molecule has 0 radical (unpaired) electrons. The standard InChI is InChI=1S/C15H23N3O4S2.ClH/c1-23(19,20)14-2-4-15(5-3-14)24(21,22)18-10-8-17(9-11-18)13-6-7-16-12-13;/h2-5,13,16H,6-12H2,1H3;1H. The maximum absolute atomic E-state index is 12.7. The van der Waals surface area contributed by atoms with Crippen LogP contribution in [0.4, 0.5) is 0 Å². The molecule has 142 valence electrons. The lowest BCUT2D eigenvalue weighted by atomic mass is 10.2. The third-order valence-corrected chi connectivity index (χ3v) is 7.75. The van der Waals surface area contributed by atoms with Crippen LogP contribution in [0, 0.1) is 0 Å². The van der Waals surface area contributed by atoms with Crippen molar-refractivity contribution >= 4 is 32.3 Å². The van der Waals surface area contributed by atoms with Crippen LogP contribution < -0.4 is 5.32 Å². The highest BCUT2D eigenvalue weighted by atomic mass is 35.5. The van der Waals surface area contributed by atoms with E-state index >= 15 is 0 Å². The van der Waals surface area contributed by atoms with E-state index in [1.54, 1.807) is 0 Å². The summed E-state index contributed by atoms with van der Waals surface area (Å²) in [6.45, 7) is 4.38. The second kappa shape index (κ2) is 7.89. The Morgan fingerprint density at radius 2 is 1.52 bits per heavy atom. The number of nitrogens with one attached hydrogen (secondary N) is 1. The third-order valence-electron chi connectivity index (χ3n) is 4.71. The summed E-state index contributed by atoms with van der Waals surface area (Å²) in [6, 6.07) is 5.95. The van der Waals surface area contributed by atoms with Crippen molar-refractivity contribution < 1.29 is 16.8 Å². The molecule has 2 aliphatic heterocycles. The number of sulfone groups is 1. The largest absolute Gasteiger partial charge is 0.315 e. The summed E-state index contributed by atoms with van der Waals surface area (Å²) in [6.07, 6.45) is 2.22. The van der Waals surface area contributed by atoms with Crippen LogP contribution in [-0.2, 0) is 19.9 Å². The van der Waals surface area contributed by atoms with Crippen LogP contribution in [0.1, 0.15) is 6.42 Å². The Kier molecular flexibility index (Phi) is 6.50. The number of piperazine rings is 1. The molecule has 1 unspecified atom stereocenters. The predicted octanol–water partition coefficient (Wildman–Crippen LogP) is 0.180. The minimum atomic E-state index is -3.58. The highest BCUT2D eigenvalue weighted by Gasteiger charge is 2.31. The molecule has 7 nitrogen and oxygen atoms in total. The average molecular weight is 410 g/mol. The Balaban J connectivity index is 0.00000225. The molecule has 1 atom stereocenters. The van der Waals surface area contributed by atoms with Gasteiger partial charge >= 0.3 is 0 Å². The number of halogens is 1. The van der Waals surface area contributed by atoms with Gasteiger partial charge in [0.05, 0.1) is 9.79 Å². The van der Waals surface area contributed by atoms with E-state index in [0.29, 0.717) is 19.1 Å². The Labute approximate surface area is 155 Å². The number of hydrogen-bond acceptors (Lipinski definition) is 6. The summed E-state index contributed by atoms with van der Waals surface area (Å²) in [5, 5.41) is 3.33. The van der Waals surface area contributed by atoms with Gasteiger partial charge < -0.3 is 5.32 Å². The molecule has 10 heteroatoms. The number of sulfonamides is 1. The van der Waals surface area contributed by atoms with Crippen molar-refractivity contribution in [3.63, 3.8) is 0 Å². The fourth-order valence-electron chi connectivity index (χ4n) is 3.27. The zero-order valence-corrected chi connectivity index (χ0v) is 16.5. The van der Waals surface area contributed by atoms with E-state index in [9.17, 15) is 16.8 Å². The average Bonchev–Trinajstić information content (AvgIpc) is 3.09. The first kappa shape index (κ1) is 20.6. The molecule has 0 spiro atoms. The molecule has 1 aromatic rings. The topological polar surface area (TPSA) is 86.8 Å². The second-order valence-electron chi connectivity index (χ2n) is 6.33. The summed E-state index contributed by atoms with van der Waals surface area (Å²) in [5.41, 5.74) is 0. The third kappa shape index (κ3) is 4.53. The molecule has 0 saturated carbocycles. The van der Waals surface area contributed by atoms with Gasteiger partial charge in [0.25, 0.3) is 0 Å². The van der Waals surface area contributed by atoms with E-state index in [-0.39, 0.29) is 22.2 Å². The normalized spacial score (nSPS) is 23.3. The zero-order valence-electron chi connectivity index (χ0n) is 14.1. The van der Waals surface area contributed by atoms with Crippen molar-refractivity contribution in [1.29, 1.82) is 0 Å². The maximum Gasteiger partial charge on any atom is 0.243 e. The lowest BCUT2D eigenvalue weighted by Gasteiger charge is -2.37. The molecule has 2 fully saturated rings. The maximum atomic E-state index is 12.7. The highest BCUT2D eigenvalue weighted by molar-refractivity contribution is 7.90. The summed E-state index contributed by atoms with van der Waals surface area (Å²) in [5.74, 6) is 0. The Morgan fingerprint density at radius 1 is 0.960 bits per heavy atom. The first-order chi connectivity index (χ1) is 11.3. The van der Waals surface area contributed by atoms with Crippen LogP contribution in [-0.4, -0.2) is 77.6 Å². The van der Waals surface area contributed by atoms with E-state index < -0.39 is 19.9 Å². The lowest BCUT2D eigenvalue weighted by Crippen LogP contribution is -2.52. The van der Waals surface area contributed by atoms with Gasteiger partial charge in [-0.05, 0) is 37.2 Å². The second-order valence-corrected chi connectivity index (χ2v) is 10.3. The van der Waals surface area contributed by atoms with Crippen LogP contribution in [0.5, 0.6) is 0 Å². The van der Waals surface area contributed by atoms with Gasteiger partial charge in [-0.2, -0.15) is 4.31 Å². The molecular weight excluding hydrogens is 386 g/mol. The van der Waals surface area contributed by atoms with Crippen molar-refractivity contribution in [2.24, 2.45) is 0 Å². The zero-order chi connectivity index (χ0) is 17.4. The summed E-state index contributed by atoms with van der Waals surface area (Å²) < 4.78 is 49.9. The van der Waals surface area contributed by atoms with Gasteiger partial charge in [-0.25, -0.2) is 16.8 Å². The Bertz CT molecular complexity index is 783. The van der Waals surface area contributed by atoms with Crippen LogP contribution in [0.15, 0.2) is 34.1 Å². The molecule has 2 saturated heterocycles. The lowest BCUT2D eigenvalue weighted by molar-refractivity contribution is 0.145. The summed E-state index contributed by atoms with van der Waals surface area (Å²) in [7, 11) is -6.90. The highest BCUT2D eigenvalue weighted by Crippen LogP contribution is 2.21. The molecule has 0 amide bonds. The van der Waals surface area contributed by atoms with Gasteiger partial charge in [0.2, 0.25) is 10.0 Å². The SMILES string of the molecule is CS(=O)(=O)c1ccc(S(=O)(=O)N2CCN(C3CCNC3)CC2)cc1.Cl. The summed E-state index contributed by atoms with van der Waals surface area (Å²) in [4.78, 5) is 2.62. The van der Waals surface area contributed by atoms with Crippen LogP contribution in [0.25, 0.3) is 0 Å². The molecule has 3 rings (SSSR count). The number of nitrogens with zero attached hydrogens (tertiary/aromatic N) is 2. The minimum absolute atomic E-state index is 0. The molecule has 25 heavy (non-hydrogen) atoms. The molecule has 2 aliphatic rings. The molecule has 0 aromatic heterocycles. The van der Waals surface area contributed by atoms with E-state index in [1.807, 2.05) is 0 Å². The van der Waals surface area contributed by atoms with Crippen LogP contribution >= 0.6 is 12.4 Å². The quantitative estimate of drug-likeness (QED) is 0.763.